The Bertz CT molecular complexity index is 1630. The Kier molecular flexibility index (Phi) is 17.6. The van der Waals surface area contributed by atoms with Crippen LogP contribution in [0.3, 0.4) is 0 Å². The van der Waals surface area contributed by atoms with E-state index in [1.165, 1.54) is 31.2 Å². The number of carboxylic acids is 1. The molecular weight excluding hydrogens is 778 g/mol. The van der Waals surface area contributed by atoms with Gasteiger partial charge in [0.05, 0.1) is 44.2 Å². The molecule has 0 bridgehead atoms. The van der Waals surface area contributed by atoms with Gasteiger partial charge < -0.3 is 72.6 Å². The third-order valence-electron chi connectivity index (χ3n) is 9.26. The SMILES string of the molecule is C[C@H](N)C(=O)N[C@@H](CC(=O)N[C@@H]1O[C@H](CO)[C@@H](O)[C@H](O)[C@H]1C(=O)CS)C(=O)N1CCC[C@H]1C(=O)NCC(=O)N[C@@H](Cc1ccc(O)cc1)C(=O)N[C@@H](CO)C(=O)O. The van der Waals surface area contributed by atoms with Gasteiger partial charge in [0.15, 0.2) is 5.78 Å². The lowest BCUT2D eigenvalue weighted by Crippen LogP contribution is -2.63. The van der Waals surface area contributed by atoms with Gasteiger partial charge in [-0.25, -0.2) is 4.79 Å². The summed E-state index contributed by atoms with van der Waals surface area (Å²) in [6, 6.07) is -1.48. The summed E-state index contributed by atoms with van der Waals surface area (Å²) in [6.07, 6.45) is -6.98. The highest BCUT2D eigenvalue weighted by molar-refractivity contribution is 7.81. The van der Waals surface area contributed by atoms with Crippen LogP contribution < -0.4 is 32.3 Å². The summed E-state index contributed by atoms with van der Waals surface area (Å²) in [5, 5.41) is 70.2. The van der Waals surface area contributed by atoms with Gasteiger partial charge >= 0.3 is 5.97 Å². The summed E-state index contributed by atoms with van der Waals surface area (Å²) in [5.74, 6) is -9.63. The Morgan fingerprint density at radius 3 is 2.16 bits per heavy atom. The van der Waals surface area contributed by atoms with E-state index in [0.717, 1.165) is 4.90 Å². The van der Waals surface area contributed by atoms with E-state index in [0.29, 0.717) is 12.0 Å². The second kappa shape index (κ2) is 21.6. The number of aliphatic hydroxyl groups excluding tert-OH is 4. The number of aliphatic carboxylic acids is 1. The van der Waals surface area contributed by atoms with Crippen molar-refractivity contribution in [2.24, 2.45) is 11.7 Å². The molecule has 0 radical (unpaired) electrons. The number of amides is 6. The summed E-state index contributed by atoms with van der Waals surface area (Å²) < 4.78 is 5.48. The van der Waals surface area contributed by atoms with Gasteiger partial charge in [0.2, 0.25) is 35.4 Å². The summed E-state index contributed by atoms with van der Waals surface area (Å²) in [5.41, 5.74) is 6.14. The van der Waals surface area contributed by atoms with E-state index in [4.69, 9.17) is 10.5 Å². The second-order valence-electron chi connectivity index (χ2n) is 13.5. The molecule has 23 heteroatoms. The normalized spacial score (nSPS) is 23.9. The van der Waals surface area contributed by atoms with Crippen molar-refractivity contribution in [1.29, 1.82) is 0 Å². The summed E-state index contributed by atoms with van der Waals surface area (Å²) in [4.78, 5) is 104. The van der Waals surface area contributed by atoms with Crippen LogP contribution in [-0.2, 0) is 49.5 Å². The largest absolute Gasteiger partial charge is 0.508 e. The molecule has 0 spiro atoms. The van der Waals surface area contributed by atoms with Crippen LogP contribution >= 0.6 is 12.6 Å². The van der Waals surface area contributed by atoms with Crippen LogP contribution in [0, 0.1) is 5.92 Å². The van der Waals surface area contributed by atoms with Gasteiger partial charge in [0.1, 0.15) is 48.4 Å². The lowest BCUT2D eigenvalue weighted by atomic mass is 9.87. The molecule has 0 aliphatic carbocycles. The Labute approximate surface area is 331 Å². The molecule has 316 valence electrons. The fourth-order valence-electron chi connectivity index (χ4n) is 6.18. The molecule has 2 fully saturated rings. The molecule has 2 heterocycles. The topological polar surface area (TPSA) is 357 Å². The molecule has 6 amide bonds. The minimum Gasteiger partial charge on any atom is -0.508 e. The third-order valence-corrected chi connectivity index (χ3v) is 9.57. The van der Waals surface area contributed by atoms with E-state index in [-0.39, 0.29) is 25.1 Å². The van der Waals surface area contributed by atoms with E-state index in [1.54, 1.807) is 0 Å². The van der Waals surface area contributed by atoms with E-state index < -0.39 is 140 Å². The maximum Gasteiger partial charge on any atom is 0.328 e. The highest BCUT2D eigenvalue weighted by Crippen LogP contribution is 2.27. The third kappa shape index (κ3) is 12.8. The number of aromatic hydroxyl groups is 1. The number of hydrogen-bond acceptors (Lipinski definition) is 16. The number of hydrogen-bond donors (Lipinski definition) is 13. The maximum atomic E-state index is 13.9. The van der Waals surface area contributed by atoms with Crippen molar-refractivity contribution in [3.8, 4) is 5.75 Å². The van der Waals surface area contributed by atoms with Gasteiger partial charge in [0, 0.05) is 18.7 Å². The zero-order valence-electron chi connectivity index (χ0n) is 30.8. The van der Waals surface area contributed by atoms with Gasteiger partial charge in [0.25, 0.3) is 0 Å². The molecule has 10 atom stereocenters. The number of nitrogens with two attached hydrogens (primary N) is 1. The molecule has 2 aliphatic heterocycles. The number of phenolic OH excluding ortho intramolecular Hbond substituents is 1. The van der Waals surface area contributed by atoms with Crippen LogP contribution in [0.15, 0.2) is 24.3 Å². The zero-order chi connectivity index (χ0) is 42.6. The number of aliphatic hydroxyl groups is 4. The number of likely N-dealkylation sites (tertiary alicyclic amines) is 1. The van der Waals surface area contributed by atoms with Crippen LogP contribution in [0.4, 0.5) is 0 Å². The first-order chi connectivity index (χ1) is 26.9. The number of carbonyl (C=O) groups excluding carboxylic acids is 7. The number of benzene rings is 1. The number of carboxylic acid groups (broad SMARTS) is 1. The quantitative estimate of drug-likeness (QED) is 0.0577. The molecule has 57 heavy (non-hydrogen) atoms. The molecule has 0 aromatic heterocycles. The maximum absolute atomic E-state index is 13.9. The number of ketones is 1. The lowest BCUT2D eigenvalue weighted by molar-refractivity contribution is -0.214. The van der Waals surface area contributed by atoms with Crippen LogP contribution in [-0.4, -0.2) is 170 Å². The Hall–Kier alpha value is -4.91. The van der Waals surface area contributed by atoms with Gasteiger partial charge in [-0.1, -0.05) is 12.1 Å². The molecule has 2 aliphatic rings. The summed E-state index contributed by atoms with van der Waals surface area (Å²) in [7, 11) is 0. The van der Waals surface area contributed by atoms with Crippen LogP contribution in [0.1, 0.15) is 31.7 Å². The molecular formula is C34H49N7O15S. The number of phenols is 1. The predicted molar refractivity (Wildman–Crippen MR) is 197 cm³/mol. The Balaban J connectivity index is 1.72. The number of nitrogens with one attached hydrogen (secondary N) is 5. The number of nitrogens with zero attached hydrogens (tertiary/aromatic N) is 1. The van der Waals surface area contributed by atoms with Gasteiger partial charge in [-0.3, -0.25) is 33.6 Å². The van der Waals surface area contributed by atoms with Crippen molar-refractivity contribution in [2.45, 2.75) is 87.4 Å². The van der Waals surface area contributed by atoms with Crippen molar-refractivity contribution >= 4 is 59.8 Å². The van der Waals surface area contributed by atoms with Crippen LogP contribution in [0.2, 0.25) is 0 Å². The Morgan fingerprint density at radius 1 is 0.930 bits per heavy atom. The van der Waals surface area contributed by atoms with E-state index >= 15 is 0 Å². The fourth-order valence-corrected chi connectivity index (χ4v) is 6.39. The molecule has 3 rings (SSSR count). The van der Waals surface area contributed by atoms with Gasteiger partial charge in [-0.15, -0.1) is 0 Å². The van der Waals surface area contributed by atoms with Crippen molar-refractivity contribution in [3.05, 3.63) is 29.8 Å². The smallest absolute Gasteiger partial charge is 0.328 e. The van der Waals surface area contributed by atoms with Crippen LogP contribution in [0.25, 0.3) is 0 Å². The minimum absolute atomic E-state index is 0.00766. The molecule has 22 nitrogen and oxygen atoms in total. The van der Waals surface area contributed by atoms with Crippen molar-refractivity contribution in [2.75, 3.05) is 32.1 Å². The van der Waals surface area contributed by atoms with E-state index in [2.05, 4.69) is 39.2 Å². The van der Waals surface area contributed by atoms with Crippen molar-refractivity contribution in [1.82, 2.24) is 31.5 Å². The minimum atomic E-state index is -1.76. The van der Waals surface area contributed by atoms with Crippen molar-refractivity contribution in [3.63, 3.8) is 0 Å². The fraction of sp³-hybridized carbons (Fsp3) is 0.588. The first-order valence-corrected chi connectivity index (χ1v) is 18.5. The van der Waals surface area contributed by atoms with Crippen molar-refractivity contribution < 1.29 is 73.7 Å². The molecule has 0 unspecified atom stereocenters. The number of ether oxygens (including phenoxy) is 1. The van der Waals surface area contributed by atoms with E-state index in [1.807, 2.05) is 0 Å². The Morgan fingerprint density at radius 2 is 1.58 bits per heavy atom. The molecule has 1 aromatic carbocycles. The molecule has 1 aromatic rings. The molecule has 13 N–H and O–H groups in total. The first kappa shape index (κ1) is 46.5. The van der Waals surface area contributed by atoms with Gasteiger partial charge in [-0.05, 0) is 37.5 Å². The monoisotopic (exact) mass is 827 g/mol. The molecule has 2 saturated heterocycles. The zero-order valence-corrected chi connectivity index (χ0v) is 31.7. The number of carbonyl (C=O) groups is 8. The summed E-state index contributed by atoms with van der Waals surface area (Å²) in [6.45, 7) is -1.14. The second-order valence-corrected chi connectivity index (χ2v) is 13.8. The first-order valence-electron chi connectivity index (χ1n) is 17.8. The average Bonchev–Trinajstić information content (AvgIpc) is 3.67. The molecule has 0 saturated carbocycles. The summed E-state index contributed by atoms with van der Waals surface area (Å²) >= 11 is 3.90. The number of rotatable bonds is 19. The highest BCUT2D eigenvalue weighted by atomic mass is 32.1. The average molecular weight is 828 g/mol. The predicted octanol–water partition coefficient (Wildman–Crippen LogP) is -6.02. The van der Waals surface area contributed by atoms with Gasteiger partial charge in [-0.2, -0.15) is 12.6 Å². The van der Waals surface area contributed by atoms with Crippen LogP contribution in [0.5, 0.6) is 5.75 Å². The highest BCUT2D eigenvalue weighted by Gasteiger charge is 2.48. The number of thiol groups is 1. The lowest BCUT2D eigenvalue weighted by Gasteiger charge is -2.41. The standard InChI is InChI=1S/C34H49N7O15S/c1-15(35)29(50)38-19(10-24(46)40-32-26(22(45)14-57)28(49)27(48)23(13-43)56-32)33(53)41-8-2-3-21(41)31(52)36-11-25(47)37-18(9-16-4-6-17(44)7-5-16)30(51)39-20(12-42)34(54)55/h4-7,15,18-21,23,26-28,32,42-44,48-49,57H,2-3,8-14,35H2,1H3,(H,36,52)(H,37,47)(H,38,50)(H,39,51)(H,40,46)(H,54,55)/t15-,18-,19-,20-,21-,23+,26+,27+,28+,32+/m0/s1. The van der Waals surface area contributed by atoms with E-state index in [9.17, 15) is 69.0 Å². The number of Topliss-reactive ketones (excluding diaryl/α,β-unsaturated/α-hetero) is 1.